The predicted molar refractivity (Wildman–Crippen MR) is 122 cm³/mol. The number of nitrogens with zero attached hydrogens (tertiary/aromatic N) is 6. The smallest absolute Gasteiger partial charge is 0.345 e. The standard InChI is InChI=1S/C21H12FN7O6S/c22-10-1-4-15-14(5-10)18(31)20(33)27(15)8-11-9-28(26-25-11)12-2-3-13(16(30)6-12)19(32)24-21-23-7-17(36-21)29(34)35/h1-7,9,30H,8H2,(H,23,24,32). The number of carbonyl (C=O) groups is 3. The lowest BCUT2D eigenvalue weighted by atomic mass is 10.1. The molecule has 0 spiro atoms. The number of anilines is 2. The van der Waals surface area contributed by atoms with Crippen molar-refractivity contribution in [2.45, 2.75) is 6.54 Å². The van der Waals surface area contributed by atoms with E-state index >= 15 is 0 Å². The molecule has 2 N–H and O–H groups in total. The van der Waals surface area contributed by atoms with Gasteiger partial charge in [-0.15, -0.1) is 5.10 Å². The van der Waals surface area contributed by atoms with Gasteiger partial charge < -0.3 is 5.11 Å². The highest BCUT2D eigenvalue weighted by atomic mass is 32.1. The van der Waals surface area contributed by atoms with Gasteiger partial charge >= 0.3 is 5.00 Å². The number of nitrogens with one attached hydrogen (secondary N) is 1. The third kappa shape index (κ3) is 4.03. The summed E-state index contributed by atoms with van der Waals surface area (Å²) in [6.07, 6.45) is 2.47. The molecule has 0 saturated heterocycles. The molecular weight excluding hydrogens is 497 g/mol. The highest BCUT2D eigenvalue weighted by molar-refractivity contribution is 7.18. The van der Waals surface area contributed by atoms with Crippen LogP contribution in [0.4, 0.5) is 20.2 Å². The van der Waals surface area contributed by atoms with Gasteiger partial charge in [-0.3, -0.25) is 34.7 Å². The van der Waals surface area contributed by atoms with Gasteiger partial charge in [-0.25, -0.2) is 14.1 Å². The zero-order chi connectivity index (χ0) is 25.6. The molecule has 4 aromatic rings. The van der Waals surface area contributed by atoms with Crippen molar-refractivity contribution in [2.75, 3.05) is 10.2 Å². The number of fused-ring (bicyclic) bond motifs is 1. The van der Waals surface area contributed by atoms with Gasteiger partial charge in [0, 0.05) is 6.07 Å². The van der Waals surface area contributed by atoms with Crippen molar-refractivity contribution in [1.82, 2.24) is 20.0 Å². The van der Waals surface area contributed by atoms with Gasteiger partial charge in [0.15, 0.2) is 5.13 Å². The zero-order valence-corrected chi connectivity index (χ0v) is 18.6. The molecule has 36 heavy (non-hydrogen) atoms. The molecule has 3 heterocycles. The van der Waals surface area contributed by atoms with E-state index in [9.17, 15) is 34.0 Å². The first-order valence-electron chi connectivity index (χ1n) is 10.0. The van der Waals surface area contributed by atoms with Crippen molar-refractivity contribution in [1.29, 1.82) is 0 Å². The topological polar surface area (TPSA) is 173 Å². The number of halogens is 1. The van der Waals surface area contributed by atoms with Gasteiger partial charge in [-0.05, 0) is 41.7 Å². The fraction of sp³-hybridized carbons (Fsp3) is 0.0476. The molecule has 0 saturated carbocycles. The monoisotopic (exact) mass is 509 g/mol. The lowest BCUT2D eigenvalue weighted by Gasteiger charge is -2.14. The number of phenols is 1. The summed E-state index contributed by atoms with van der Waals surface area (Å²) in [7, 11) is 0. The van der Waals surface area contributed by atoms with E-state index in [-0.39, 0.29) is 33.5 Å². The van der Waals surface area contributed by atoms with Crippen LogP contribution in [-0.4, -0.2) is 47.6 Å². The average molecular weight is 509 g/mol. The van der Waals surface area contributed by atoms with E-state index in [0.717, 1.165) is 18.3 Å². The Kier molecular flexibility index (Phi) is 5.44. The first-order valence-corrected chi connectivity index (χ1v) is 10.8. The number of hydrogen-bond acceptors (Lipinski definition) is 10. The highest BCUT2D eigenvalue weighted by Gasteiger charge is 2.36. The number of phenolic OH excluding ortho intramolecular Hbond substituents is 1. The average Bonchev–Trinajstić information content (AvgIpc) is 3.56. The van der Waals surface area contributed by atoms with Gasteiger partial charge in [-0.1, -0.05) is 5.21 Å². The normalized spacial score (nSPS) is 12.6. The van der Waals surface area contributed by atoms with Crippen LogP contribution in [0.25, 0.3) is 5.69 Å². The number of benzene rings is 2. The number of rotatable bonds is 6. The summed E-state index contributed by atoms with van der Waals surface area (Å²) in [5.74, 6) is -3.39. The number of nitro groups is 1. The van der Waals surface area contributed by atoms with Crippen LogP contribution in [0.5, 0.6) is 5.75 Å². The summed E-state index contributed by atoms with van der Waals surface area (Å²) in [5.41, 5.74) is 0.763. The molecule has 15 heteroatoms. The van der Waals surface area contributed by atoms with Crippen LogP contribution in [0.3, 0.4) is 0 Å². The summed E-state index contributed by atoms with van der Waals surface area (Å²) in [6.45, 7) is -0.102. The molecule has 0 radical (unpaired) electrons. The van der Waals surface area contributed by atoms with Crippen molar-refractivity contribution in [3.05, 3.63) is 81.5 Å². The second-order valence-corrected chi connectivity index (χ2v) is 8.46. The lowest BCUT2D eigenvalue weighted by Crippen LogP contribution is -2.29. The molecule has 2 aromatic carbocycles. The maximum Gasteiger partial charge on any atom is 0.345 e. The molecule has 0 fully saturated rings. The van der Waals surface area contributed by atoms with E-state index < -0.39 is 34.1 Å². The van der Waals surface area contributed by atoms with Crippen LogP contribution in [0, 0.1) is 15.9 Å². The maximum absolute atomic E-state index is 13.5. The summed E-state index contributed by atoms with van der Waals surface area (Å²) >= 11 is 0.668. The minimum absolute atomic E-state index is 0.00431. The van der Waals surface area contributed by atoms with Crippen molar-refractivity contribution >= 4 is 44.8 Å². The van der Waals surface area contributed by atoms with Crippen LogP contribution in [0.2, 0.25) is 0 Å². The highest BCUT2D eigenvalue weighted by Crippen LogP contribution is 2.31. The van der Waals surface area contributed by atoms with E-state index in [1.807, 2.05) is 0 Å². The summed E-state index contributed by atoms with van der Waals surface area (Å²) in [5, 5.41) is 31.2. The van der Waals surface area contributed by atoms with Crippen molar-refractivity contribution < 1.29 is 28.8 Å². The second-order valence-electron chi connectivity index (χ2n) is 7.45. The Balaban J connectivity index is 1.32. The Bertz CT molecular complexity index is 1580. The van der Waals surface area contributed by atoms with Crippen LogP contribution < -0.4 is 10.2 Å². The molecule has 0 atom stereocenters. The van der Waals surface area contributed by atoms with Gasteiger partial charge in [0.25, 0.3) is 17.6 Å². The summed E-state index contributed by atoms with van der Waals surface area (Å²) in [4.78, 5) is 52.0. The van der Waals surface area contributed by atoms with E-state index in [4.69, 9.17) is 0 Å². The maximum atomic E-state index is 13.5. The quantitative estimate of drug-likeness (QED) is 0.225. The minimum Gasteiger partial charge on any atom is -0.507 e. The lowest BCUT2D eigenvalue weighted by molar-refractivity contribution is -0.380. The number of hydrogen-bond donors (Lipinski definition) is 2. The molecule has 2 amide bonds. The molecule has 0 bridgehead atoms. The third-order valence-corrected chi connectivity index (χ3v) is 6.04. The van der Waals surface area contributed by atoms with Gasteiger partial charge in [0.2, 0.25) is 0 Å². The molecule has 0 unspecified atom stereocenters. The SMILES string of the molecule is O=C(Nc1ncc([N+](=O)[O-])s1)c1ccc(-n2cc(CN3C(=O)C(=O)c4cc(F)ccc43)nn2)cc1O. The molecule has 0 aliphatic carbocycles. The number of amides is 2. The number of aromatic hydroxyl groups is 1. The Morgan fingerprint density at radius 3 is 2.75 bits per heavy atom. The van der Waals surface area contributed by atoms with E-state index in [0.29, 0.717) is 22.7 Å². The summed E-state index contributed by atoms with van der Waals surface area (Å²) < 4.78 is 14.8. The van der Waals surface area contributed by atoms with Gasteiger partial charge in [0.1, 0.15) is 23.5 Å². The second kappa shape index (κ2) is 8.62. The third-order valence-electron chi connectivity index (χ3n) is 5.18. The number of Topliss-reactive ketones (excluding diaryl/α,β-unsaturated/α-hetero) is 1. The van der Waals surface area contributed by atoms with Crippen LogP contribution in [-0.2, 0) is 11.3 Å². The molecule has 180 valence electrons. The molecule has 5 rings (SSSR count). The Morgan fingerprint density at radius 2 is 2.03 bits per heavy atom. The number of thiazole rings is 1. The molecule has 13 nitrogen and oxygen atoms in total. The van der Waals surface area contributed by atoms with Gasteiger partial charge in [-0.2, -0.15) is 0 Å². The van der Waals surface area contributed by atoms with Crippen LogP contribution in [0.1, 0.15) is 26.4 Å². The van der Waals surface area contributed by atoms with Crippen LogP contribution >= 0.6 is 11.3 Å². The molecule has 1 aliphatic rings. The molecule has 1 aliphatic heterocycles. The Hall–Kier alpha value is -5.05. The number of aromatic nitrogens is 4. The molecular formula is C21H12FN7O6S. The zero-order valence-electron chi connectivity index (χ0n) is 17.8. The first kappa shape index (κ1) is 22.7. The largest absolute Gasteiger partial charge is 0.507 e. The fourth-order valence-corrected chi connectivity index (χ4v) is 4.14. The molecule has 2 aromatic heterocycles. The fourth-order valence-electron chi connectivity index (χ4n) is 3.52. The van der Waals surface area contributed by atoms with Crippen LogP contribution in [0.15, 0.2) is 48.8 Å². The minimum atomic E-state index is -0.817. The predicted octanol–water partition coefficient (Wildman–Crippen LogP) is 2.46. The Labute approximate surface area is 203 Å². The Morgan fingerprint density at radius 1 is 1.22 bits per heavy atom. The summed E-state index contributed by atoms with van der Waals surface area (Å²) in [6, 6.07) is 7.52. The van der Waals surface area contributed by atoms with E-state index in [1.54, 1.807) is 0 Å². The van der Waals surface area contributed by atoms with Crippen molar-refractivity contribution in [3.8, 4) is 11.4 Å². The van der Waals surface area contributed by atoms with Crippen molar-refractivity contribution in [2.24, 2.45) is 0 Å². The first-order chi connectivity index (χ1) is 17.2. The van der Waals surface area contributed by atoms with Gasteiger partial charge in [0.05, 0.1) is 40.2 Å². The number of ketones is 1. The van der Waals surface area contributed by atoms with E-state index in [2.05, 4.69) is 20.6 Å². The number of carbonyl (C=O) groups excluding carboxylic acids is 3. The van der Waals surface area contributed by atoms with E-state index in [1.165, 1.54) is 40.0 Å². The van der Waals surface area contributed by atoms with Crippen molar-refractivity contribution in [3.63, 3.8) is 0 Å².